The van der Waals surface area contributed by atoms with Crippen molar-refractivity contribution >= 4 is 28.6 Å². The molecule has 34 heavy (non-hydrogen) atoms. The SMILES string of the molecule is Cn1nc(C2CCC(=O)NC2=O)c2cccc(OC3CCN(C(=O)C45CC(C#N)(C4)C5)CC3)c21. The molecule has 1 unspecified atom stereocenters. The Morgan fingerprint density at radius 2 is 1.94 bits per heavy atom. The van der Waals surface area contributed by atoms with Crippen molar-refractivity contribution in [1.82, 2.24) is 20.0 Å². The molecule has 9 heteroatoms. The van der Waals surface area contributed by atoms with Gasteiger partial charge in [0.25, 0.3) is 0 Å². The molecule has 5 fully saturated rings. The topological polar surface area (TPSA) is 117 Å². The van der Waals surface area contributed by atoms with Crippen molar-refractivity contribution < 1.29 is 19.1 Å². The van der Waals surface area contributed by atoms with Crippen LogP contribution in [0.1, 0.15) is 56.6 Å². The van der Waals surface area contributed by atoms with Crippen LogP contribution >= 0.6 is 0 Å². The smallest absolute Gasteiger partial charge is 0.235 e. The number of fused-ring (bicyclic) bond motifs is 1. The highest BCUT2D eigenvalue weighted by molar-refractivity contribution is 6.03. The van der Waals surface area contributed by atoms with Gasteiger partial charge in [-0.2, -0.15) is 10.4 Å². The fourth-order valence-corrected chi connectivity index (χ4v) is 6.46. The monoisotopic (exact) mass is 461 g/mol. The van der Waals surface area contributed by atoms with Crippen LogP contribution in [-0.4, -0.2) is 51.6 Å². The number of aromatic nitrogens is 2. The second-order valence-corrected chi connectivity index (χ2v) is 10.5. The molecule has 1 aromatic heterocycles. The summed E-state index contributed by atoms with van der Waals surface area (Å²) in [6, 6.07) is 8.13. The molecule has 0 radical (unpaired) electrons. The van der Waals surface area contributed by atoms with Gasteiger partial charge in [0, 0.05) is 44.8 Å². The highest BCUT2D eigenvalue weighted by atomic mass is 16.5. The van der Waals surface area contributed by atoms with Gasteiger partial charge in [0.05, 0.1) is 28.5 Å². The predicted molar refractivity (Wildman–Crippen MR) is 120 cm³/mol. The number of para-hydroxylation sites is 1. The van der Waals surface area contributed by atoms with Gasteiger partial charge in [0.2, 0.25) is 17.7 Å². The van der Waals surface area contributed by atoms with Crippen molar-refractivity contribution in [3.05, 3.63) is 23.9 Å². The number of piperidine rings is 2. The Labute approximate surface area is 197 Å². The van der Waals surface area contributed by atoms with E-state index in [1.807, 2.05) is 30.1 Å². The van der Waals surface area contributed by atoms with Crippen LogP contribution in [0.15, 0.2) is 18.2 Å². The fraction of sp³-hybridized carbons (Fsp3) is 0.560. The van der Waals surface area contributed by atoms with Crippen molar-refractivity contribution in [3.8, 4) is 11.8 Å². The lowest BCUT2D eigenvalue weighted by Gasteiger charge is -2.66. The Hall–Kier alpha value is -3.41. The predicted octanol–water partition coefficient (Wildman–Crippen LogP) is 2.16. The molecule has 1 atom stereocenters. The maximum Gasteiger partial charge on any atom is 0.235 e. The first-order valence-electron chi connectivity index (χ1n) is 12.0. The van der Waals surface area contributed by atoms with Gasteiger partial charge >= 0.3 is 0 Å². The van der Waals surface area contributed by atoms with Gasteiger partial charge in [-0.05, 0) is 31.7 Å². The van der Waals surface area contributed by atoms with Gasteiger partial charge in [-0.3, -0.25) is 24.4 Å². The second kappa shape index (κ2) is 7.29. The molecule has 3 aliphatic carbocycles. The molecule has 2 saturated heterocycles. The fourth-order valence-electron chi connectivity index (χ4n) is 6.46. The molecule has 1 aromatic carbocycles. The van der Waals surface area contributed by atoms with Crippen molar-refractivity contribution in [2.45, 2.75) is 57.0 Å². The number of ether oxygens (including phenoxy) is 1. The quantitative estimate of drug-likeness (QED) is 0.698. The maximum absolute atomic E-state index is 13.0. The Kier molecular flexibility index (Phi) is 4.54. The third-order valence-electron chi connectivity index (χ3n) is 8.17. The molecule has 5 aliphatic rings. The van der Waals surface area contributed by atoms with E-state index in [1.165, 1.54) is 0 Å². The number of hydrogen-bond acceptors (Lipinski definition) is 6. The largest absolute Gasteiger partial charge is 0.488 e. The number of rotatable bonds is 4. The maximum atomic E-state index is 13.0. The molecule has 7 rings (SSSR count). The number of hydrogen-bond donors (Lipinski definition) is 1. The van der Waals surface area contributed by atoms with Crippen LogP contribution < -0.4 is 10.1 Å². The highest BCUT2D eigenvalue weighted by Gasteiger charge is 2.72. The molecule has 2 bridgehead atoms. The molecule has 176 valence electrons. The van der Waals surface area contributed by atoms with E-state index >= 15 is 0 Å². The molecule has 3 heterocycles. The van der Waals surface area contributed by atoms with E-state index in [1.54, 1.807) is 4.68 Å². The van der Waals surface area contributed by atoms with Crippen molar-refractivity contribution in [1.29, 1.82) is 5.26 Å². The van der Waals surface area contributed by atoms with Gasteiger partial charge in [0.1, 0.15) is 17.4 Å². The molecule has 9 nitrogen and oxygen atoms in total. The summed E-state index contributed by atoms with van der Waals surface area (Å²) in [6.07, 6.45) is 4.42. The number of likely N-dealkylation sites (tertiary alicyclic amines) is 1. The van der Waals surface area contributed by atoms with E-state index in [0.29, 0.717) is 37.4 Å². The zero-order valence-electron chi connectivity index (χ0n) is 19.2. The first kappa shape index (κ1) is 21.1. The number of benzene rings is 1. The number of aryl methyl sites for hydroxylation is 1. The minimum Gasteiger partial charge on any atom is -0.488 e. The molecular formula is C25H27N5O4. The third-order valence-corrected chi connectivity index (χ3v) is 8.17. The minimum absolute atomic E-state index is 0.0120. The second-order valence-electron chi connectivity index (χ2n) is 10.5. The standard InChI is InChI=1S/C25H27N5O4/c1-29-21-16(20(28-29)17-5-6-19(31)27-22(17)32)3-2-4-18(21)34-15-7-9-30(10-8-15)23(33)25-11-24(12-25,13-25)14-26/h2-4,15,17H,5-13H2,1H3,(H,27,31,32). The third kappa shape index (κ3) is 3.04. The van der Waals surface area contributed by atoms with E-state index in [-0.39, 0.29) is 34.7 Å². The van der Waals surface area contributed by atoms with E-state index < -0.39 is 5.92 Å². The lowest BCUT2D eigenvalue weighted by molar-refractivity contribution is -0.197. The zero-order chi connectivity index (χ0) is 23.7. The summed E-state index contributed by atoms with van der Waals surface area (Å²) in [5.41, 5.74) is 1.01. The summed E-state index contributed by atoms with van der Waals surface area (Å²) >= 11 is 0. The Bertz CT molecular complexity index is 1250. The zero-order valence-corrected chi connectivity index (χ0v) is 19.2. The highest BCUT2D eigenvalue weighted by Crippen LogP contribution is 2.73. The number of nitriles is 1. The molecule has 2 aliphatic heterocycles. The molecule has 3 amide bonds. The van der Waals surface area contributed by atoms with E-state index in [2.05, 4.69) is 16.5 Å². The molecule has 3 saturated carbocycles. The van der Waals surface area contributed by atoms with Gasteiger partial charge in [0.15, 0.2) is 0 Å². The number of imide groups is 1. The lowest BCUT2D eigenvalue weighted by atomic mass is 9.35. The first-order valence-corrected chi connectivity index (χ1v) is 12.0. The molecule has 2 aromatic rings. The van der Waals surface area contributed by atoms with Crippen molar-refractivity contribution in [3.63, 3.8) is 0 Å². The Balaban J connectivity index is 1.15. The number of nitrogens with zero attached hydrogens (tertiary/aromatic N) is 4. The van der Waals surface area contributed by atoms with E-state index in [4.69, 9.17) is 4.74 Å². The van der Waals surface area contributed by atoms with E-state index in [0.717, 1.165) is 43.0 Å². The number of nitrogens with one attached hydrogen (secondary N) is 1. The Morgan fingerprint density at radius 3 is 2.62 bits per heavy atom. The average Bonchev–Trinajstić information content (AvgIpc) is 3.10. The van der Waals surface area contributed by atoms with Crippen LogP contribution in [0.2, 0.25) is 0 Å². The summed E-state index contributed by atoms with van der Waals surface area (Å²) in [5.74, 6) is -0.0714. The Morgan fingerprint density at radius 1 is 1.21 bits per heavy atom. The summed E-state index contributed by atoms with van der Waals surface area (Å²) in [4.78, 5) is 38.9. The van der Waals surface area contributed by atoms with Crippen molar-refractivity contribution in [2.24, 2.45) is 17.9 Å². The van der Waals surface area contributed by atoms with Gasteiger partial charge in [-0.25, -0.2) is 0 Å². The van der Waals surface area contributed by atoms with Crippen LogP contribution in [0.4, 0.5) is 0 Å². The van der Waals surface area contributed by atoms with Gasteiger partial charge in [-0.1, -0.05) is 12.1 Å². The van der Waals surface area contributed by atoms with Gasteiger partial charge < -0.3 is 9.64 Å². The van der Waals surface area contributed by atoms with E-state index in [9.17, 15) is 19.6 Å². The molecule has 0 spiro atoms. The number of carbonyl (C=O) groups excluding carboxylic acids is 3. The lowest BCUT2D eigenvalue weighted by Crippen LogP contribution is -2.68. The molecular weight excluding hydrogens is 434 g/mol. The van der Waals surface area contributed by atoms with Crippen LogP contribution in [0.5, 0.6) is 5.75 Å². The first-order chi connectivity index (χ1) is 16.3. The van der Waals surface area contributed by atoms with Crippen LogP contribution in [0.25, 0.3) is 10.9 Å². The van der Waals surface area contributed by atoms with Crippen LogP contribution in [0.3, 0.4) is 0 Å². The summed E-state index contributed by atoms with van der Waals surface area (Å²) in [7, 11) is 1.84. The molecule has 1 N–H and O–H groups in total. The summed E-state index contributed by atoms with van der Waals surface area (Å²) in [5, 5.41) is 17.1. The normalized spacial score (nSPS) is 30.8. The van der Waals surface area contributed by atoms with Crippen molar-refractivity contribution in [2.75, 3.05) is 13.1 Å². The van der Waals surface area contributed by atoms with Gasteiger partial charge in [-0.15, -0.1) is 0 Å². The summed E-state index contributed by atoms with van der Waals surface area (Å²) in [6.45, 7) is 1.32. The van der Waals surface area contributed by atoms with Crippen LogP contribution in [0, 0.1) is 22.2 Å². The average molecular weight is 462 g/mol. The summed E-state index contributed by atoms with van der Waals surface area (Å²) < 4.78 is 8.14. The van der Waals surface area contributed by atoms with Crippen LogP contribution in [-0.2, 0) is 21.4 Å². The minimum atomic E-state index is -0.456. The number of carbonyl (C=O) groups is 3. The number of amides is 3.